The molecular formula is C22H25N3O2S. The lowest BCUT2D eigenvalue weighted by molar-refractivity contribution is -0.126. The summed E-state index contributed by atoms with van der Waals surface area (Å²) in [5, 5.41) is 4.19. The molecule has 6 heteroatoms. The average Bonchev–Trinajstić information content (AvgIpc) is 3.38. The van der Waals surface area contributed by atoms with Gasteiger partial charge in [-0.25, -0.2) is 4.98 Å². The van der Waals surface area contributed by atoms with Crippen molar-refractivity contribution in [3.63, 3.8) is 0 Å². The van der Waals surface area contributed by atoms with E-state index in [0.29, 0.717) is 6.54 Å². The molecule has 4 rings (SSSR count). The number of thiazole rings is 1. The van der Waals surface area contributed by atoms with Gasteiger partial charge in [0.1, 0.15) is 10.8 Å². The Bertz CT molecular complexity index is 938. The van der Waals surface area contributed by atoms with Crippen molar-refractivity contribution in [3.8, 4) is 5.75 Å². The molecule has 3 aromatic rings. The van der Waals surface area contributed by atoms with Gasteiger partial charge in [-0.05, 0) is 44.5 Å². The molecule has 1 N–H and O–H groups in total. The van der Waals surface area contributed by atoms with Crippen molar-refractivity contribution < 1.29 is 9.53 Å². The van der Waals surface area contributed by atoms with Gasteiger partial charge < -0.3 is 10.1 Å². The summed E-state index contributed by atoms with van der Waals surface area (Å²) in [4.78, 5) is 20.0. The average molecular weight is 396 g/mol. The highest BCUT2D eigenvalue weighted by Gasteiger charge is 2.34. The fourth-order valence-corrected chi connectivity index (χ4v) is 5.00. The zero-order chi connectivity index (χ0) is 19.5. The number of carbonyl (C=O) groups is 1. The molecule has 2 unspecified atom stereocenters. The van der Waals surface area contributed by atoms with Crippen molar-refractivity contribution >= 4 is 27.5 Å². The van der Waals surface area contributed by atoms with E-state index in [4.69, 9.17) is 9.72 Å². The summed E-state index contributed by atoms with van der Waals surface area (Å²) in [7, 11) is 1.65. The number of para-hydroxylation sites is 2. The maximum Gasteiger partial charge on any atom is 0.237 e. The predicted molar refractivity (Wildman–Crippen MR) is 113 cm³/mol. The van der Waals surface area contributed by atoms with Crippen LogP contribution in [0, 0.1) is 0 Å². The van der Waals surface area contributed by atoms with Gasteiger partial charge in [0.2, 0.25) is 5.91 Å². The summed E-state index contributed by atoms with van der Waals surface area (Å²) in [5.74, 6) is 0.836. The topological polar surface area (TPSA) is 54.5 Å². The molecule has 2 heterocycles. The van der Waals surface area contributed by atoms with Crippen LogP contribution in [0.25, 0.3) is 10.2 Å². The number of hydrogen-bond donors (Lipinski definition) is 1. The smallest absolute Gasteiger partial charge is 0.237 e. The number of nitrogens with zero attached hydrogens (tertiary/aromatic N) is 2. The third-order valence-electron chi connectivity index (χ3n) is 5.41. The monoisotopic (exact) mass is 395 g/mol. The van der Waals surface area contributed by atoms with Crippen molar-refractivity contribution in [1.29, 1.82) is 0 Å². The minimum atomic E-state index is -0.200. The van der Waals surface area contributed by atoms with E-state index in [-0.39, 0.29) is 18.0 Å². The predicted octanol–water partition coefficient (Wildman–Crippen LogP) is 4.15. The summed E-state index contributed by atoms with van der Waals surface area (Å²) < 4.78 is 6.58. The number of likely N-dealkylation sites (tertiary alicyclic amines) is 1. The molecule has 1 aromatic heterocycles. The minimum Gasteiger partial charge on any atom is -0.496 e. The molecule has 28 heavy (non-hydrogen) atoms. The van der Waals surface area contributed by atoms with Crippen LogP contribution < -0.4 is 10.1 Å². The number of hydrogen-bond acceptors (Lipinski definition) is 5. The van der Waals surface area contributed by atoms with Crippen LogP contribution in [-0.4, -0.2) is 35.5 Å². The molecule has 1 aliphatic heterocycles. The van der Waals surface area contributed by atoms with Gasteiger partial charge in [0.05, 0.1) is 29.4 Å². The molecule has 0 aliphatic carbocycles. The van der Waals surface area contributed by atoms with Crippen LogP contribution >= 0.6 is 11.3 Å². The lowest BCUT2D eigenvalue weighted by Crippen LogP contribution is -2.44. The van der Waals surface area contributed by atoms with E-state index in [0.717, 1.165) is 41.2 Å². The molecule has 1 amide bonds. The molecule has 5 nitrogen and oxygen atoms in total. The van der Waals surface area contributed by atoms with E-state index in [2.05, 4.69) is 22.3 Å². The van der Waals surface area contributed by atoms with Gasteiger partial charge in [0.25, 0.3) is 0 Å². The second-order valence-corrected chi connectivity index (χ2v) is 8.18. The Labute approximate surface area is 169 Å². The molecular weight excluding hydrogens is 370 g/mol. The Balaban J connectivity index is 1.45. The third-order valence-corrected chi connectivity index (χ3v) is 6.55. The van der Waals surface area contributed by atoms with E-state index in [1.165, 1.54) is 4.70 Å². The zero-order valence-corrected chi connectivity index (χ0v) is 17.0. The largest absolute Gasteiger partial charge is 0.496 e. The number of carbonyl (C=O) groups excluding carboxylic acids is 1. The van der Waals surface area contributed by atoms with E-state index < -0.39 is 0 Å². The number of fused-ring (bicyclic) bond motifs is 1. The van der Waals surface area contributed by atoms with Crippen molar-refractivity contribution in [2.75, 3.05) is 13.7 Å². The highest BCUT2D eigenvalue weighted by molar-refractivity contribution is 7.18. The van der Waals surface area contributed by atoms with Crippen LogP contribution in [0.5, 0.6) is 5.75 Å². The van der Waals surface area contributed by atoms with E-state index in [1.807, 2.05) is 43.3 Å². The molecule has 0 radical (unpaired) electrons. The van der Waals surface area contributed by atoms with Crippen molar-refractivity contribution in [2.24, 2.45) is 0 Å². The van der Waals surface area contributed by atoms with Gasteiger partial charge in [-0.1, -0.05) is 30.3 Å². The summed E-state index contributed by atoms with van der Waals surface area (Å²) in [5.41, 5.74) is 2.03. The Morgan fingerprint density at radius 2 is 2.07 bits per heavy atom. The Hall–Kier alpha value is -2.44. The fourth-order valence-electron chi connectivity index (χ4n) is 3.88. The SMILES string of the molecule is COc1ccccc1CNC(=O)C(C)N1CCCC1c1nc2ccccc2s1. The summed E-state index contributed by atoms with van der Waals surface area (Å²) in [6.07, 6.45) is 2.13. The van der Waals surface area contributed by atoms with Crippen molar-refractivity contribution in [1.82, 2.24) is 15.2 Å². The number of rotatable bonds is 6. The molecule has 146 valence electrons. The first-order valence-corrected chi connectivity index (χ1v) is 10.5. The third kappa shape index (κ3) is 3.75. The molecule has 2 aromatic carbocycles. The van der Waals surface area contributed by atoms with E-state index >= 15 is 0 Å². The highest BCUT2D eigenvalue weighted by atomic mass is 32.1. The molecule has 2 atom stereocenters. The standard InChI is InChI=1S/C22H25N3O2S/c1-15(21(26)23-14-16-8-3-5-11-19(16)27-2)25-13-7-10-18(25)22-24-17-9-4-6-12-20(17)28-22/h3-6,8-9,11-12,15,18H,7,10,13-14H2,1-2H3,(H,23,26). The fraction of sp³-hybridized carbons (Fsp3) is 0.364. The first kappa shape index (κ1) is 18.9. The molecule has 0 saturated carbocycles. The molecule has 0 spiro atoms. The minimum absolute atomic E-state index is 0.0407. The number of benzene rings is 2. The summed E-state index contributed by atoms with van der Waals surface area (Å²) in [6, 6.07) is 16.0. The van der Waals surface area contributed by atoms with Gasteiger partial charge in [-0.15, -0.1) is 11.3 Å². The Morgan fingerprint density at radius 1 is 1.29 bits per heavy atom. The number of methoxy groups -OCH3 is 1. The van der Waals surface area contributed by atoms with Crippen LogP contribution in [0.2, 0.25) is 0 Å². The summed E-state index contributed by atoms with van der Waals surface area (Å²) >= 11 is 1.74. The maximum absolute atomic E-state index is 12.8. The first-order chi connectivity index (χ1) is 13.7. The Kier molecular flexibility index (Phi) is 5.59. The first-order valence-electron chi connectivity index (χ1n) is 9.68. The summed E-state index contributed by atoms with van der Waals surface area (Å²) in [6.45, 7) is 3.37. The van der Waals surface area contributed by atoms with Crippen LogP contribution in [0.3, 0.4) is 0 Å². The van der Waals surface area contributed by atoms with E-state index in [9.17, 15) is 4.79 Å². The second-order valence-electron chi connectivity index (χ2n) is 7.12. The van der Waals surface area contributed by atoms with Crippen LogP contribution in [0.4, 0.5) is 0 Å². The molecule has 1 saturated heterocycles. The van der Waals surface area contributed by atoms with Crippen molar-refractivity contribution in [3.05, 3.63) is 59.1 Å². The van der Waals surface area contributed by atoms with Gasteiger partial charge in [-0.2, -0.15) is 0 Å². The Morgan fingerprint density at radius 3 is 2.89 bits per heavy atom. The lowest BCUT2D eigenvalue weighted by Gasteiger charge is -2.28. The van der Waals surface area contributed by atoms with Gasteiger partial charge in [0, 0.05) is 12.1 Å². The lowest BCUT2D eigenvalue weighted by atomic mass is 10.1. The van der Waals surface area contributed by atoms with E-state index in [1.54, 1.807) is 18.4 Å². The number of amides is 1. The number of nitrogens with one attached hydrogen (secondary N) is 1. The number of aromatic nitrogens is 1. The zero-order valence-electron chi connectivity index (χ0n) is 16.2. The van der Waals surface area contributed by atoms with Gasteiger partial charge >= 0.3 is 0 Å². The van der Waals surface area contributed by atoms with Gasteiger partial charge in [-0.3, -0.25) is 9.69 Å². The van der Waals surface area contributed by atoms with Crippen molar-refractivity contribution in [2.45, 2.75) is 38.4 Å². The normalized spacial score (nSPS) is 18.3. The van der Waals surface area contributed by atoms with Crippen LogP contribution in [0.15, 0.2) is 48.5 Å². The number of ether oxygens (including phenoxy) is 1. The molecule has 1 aliphatic rings. The van der Waals surface area contributed by atoms with Crippen LogP contribution in [-0.2, 0) is 11.3 Å². The van der Waals surface area contributed by atoms with Gasteiger partial charge in [0.15, 0.2) is 0 Å². The quantitative estimate of drug-likeness (QED) is 0.681. The molecule has 0 bridgehead atoms. The maximum atomic E-state index is 12.8. The highest BCUT2D eigenvalue weighted by Crippen LogP contribution is 2.37. The molecule has 1 fully saturated rings. The second kappa shape index (κ2) is 8.29. The van der Waals surface area contributed by atoms with Crippen LogP contribution in [0.1, 0.15) is 36.4 Å².